The van der Waals surface area contributed by atoms with E-state index in [1.54, 1.807) is 0 Å². The van der Waals surface area contributed by atoms with E-state index in [1.165, 1.54) is 0 Å². The van der Waals surface area contributed by atoms with Crippen LogP contribution in [0.4, 0.5) is 5.95 Å². The van der Waals surface area contributed by atoms with Gasteiger partial charge in [-0.25, -0.2) is 18.7 Å². The Morgan fingerprint density at radius 1 is 1.17 bits per heavy atom. The molecule has 1 amide bonds. The Balaban J connectivity index is 1.66. The van der Waals surface area contributed by atoms with Gasteiger partial charge in [-0.2, -0.15) is 21.9 Å². The number of carbonyl (C=O) groups excluding carboxylic acids is 1. The summed E-state index contributed by atoms with van der Waals surface area (Å²) in [4.78, 5) is 71.8. The van der Waals surface area contributed by atoms with E-state index in [2.05, 4.69) is 47.0 Å². The molecule has 0 spiro atoms. The minimum atomic E-state index is -5.52. The maximum atomic E-state index is 12.5. The Hall–Kier alpha value is -1.74. The third-order valence-electron chi connectivity index (χ3n) is 5.22. The summed E-state index contributed by atoms with van der Waals surface area (Å²) in [5.41, 5.74) is -0.872. The first-order valence-corrected chi connectivity index (χ1v) is 16.8. The summed E-state index contributed by atoms with van der Waals surface area (Å²) in [6.07, 6.45) is -4.60. The third kappa shape index (κ3) is 9.63. The second-order valence-corrected chi connectivity index (χ2v) is 13.6. The van der Waals surface area contributed by atoms with Gasteiger partial charge in [0.1, 0.15) is 18.3 Å². The van der Waals surface area contributed by atoms with Crippen molar-refractivity contribution >= 4 is 59.0 Å². The van der Waals surface area contributed by atoms with Crippen LogP contribution in [0.5, 0.6) is 0 Å². The average molecular weight is 667 g/mol. The van der Waals surface area contributed by atoms with Gasteiger partial charge in [0.25, 0.3) is 5.56 Å². The number of phosphoric acid groups is 1. The monoisotopic (exact) mass is 667 g/mol. The second-order valence-electron chi connectivity index (χ2n) is 8.40. The van der Waals surface area contributed by atoms with Gasteiger partial charge in [-0.3, -0.25) is 23.7 Å². The van der Waals surface area contributed by atoms with Gasteiger partial charge in [0.2, 0.25) is 11.9 Å². The van der Waals surface area contributed by atoms with Gasteiger partial charge in [0.15, 0.2) is 17.4 Å². The Morgan fingerprint density at radius 3 is 2.54 bits per heavy atom. The number of aliphatic hydroxyl groups excluding tert-OH is 2. The molecule has 232 valence electrons. The van der Waals surface area contributed by atoms with Crippen LogP contribution in [0.15, 0.2) is 11.1 Å². The molecule has 1 aliphatic heterocycles. The number of hydrogen-bond acceptors (Lipinski definition) is 14. The Bertz CT molecular complexity index is 1430. The summed E-state index contributed by atoms with van der Waals surface area (Å²) < 4.78 is 49.4. The van der Waals surface area contributed by atoms with Gasteiger partial charge in [-0.15, -0.1) is 4.86 Å². The van der Waals surface area contributed by atoms with Crippen molar-refractivity contribution < 1.29 is 61.8 Å². The summed E-state index contributed by atoms with van der Waals surface area (Å²) in [6.45, 7) is -0.343. The van der Waals surface area contributed by atoms with Crippen molar-refractivity contribution in [1.82, 2.24) is 29.7 Å². The van der Waals surface area contributed by atoms with Crippen LogP contribution in [0.25, 0.3) is 11.2 Å². The highest BCUT2D eigenvalue weighted by molar-refractivity contribution is 7.80. The van der Waals surface area contributed by atoms with Gasteiger partial charge in [-0.1, -0.05) is 0 Å². The van der Waals surface area contributed by atoms with Gasteiger partial charge >= 0.3 is 23.3 Å². The topological polar surface area (TPSA) is 317 Å². The average Bonchev–Trinajstić information content (AvgIpc) is 3.36. The van der Waals surface area contributed by atoms with Crippen molar-refractivity contribution in [2.45, 2.75) is 37.4 Å². The molecule has 2 aromatic heterocycles. The molecule has 0 aliphatic carbocycles. The summed E-state index contributed by atoms with van der Waals surface area (Å²) in [5, 5.41) is 26.5. The molecule has 41 heavy (non-hydrogen) atoms. The molecule has 25 heteroatoms. The number of H-pyrrole nitrogens is 1. The zero-order valence-electron chi connectivity index (χ0n) is 20.7. The van der Waals surface area contributed by atoms with Crippen LogP contribution in [0.2, 0.25) is 0 Å². The molecule has 1 fully saturated rings. The number of anilines is 1. The van der Waals surface area contributed by atoms with Gasteiger partial charge < -0.3 is 45.2 Å². The fourth-order valence-electron chi connectivity index (χ4n) is 3.52. The summed E-state index contributed by atoms with van der Waals surface area (Å²) in [6, 6.07) is 0. The molecular formula is C16H28N7O14P3S. The van der Waals surface area contributed by atoms with Crippen molar-refractivity contribution in [2.75, 3.05) is 30.8 Å². The summed E-state index contributed by atoms with van der Waals surface area (Å²) >= 11 is 3.97. The number of amides is 1. The number of phosphoric ester groups is 1. The fraction of sp³-hybridized carbons (Fsp3) is 0.625. The Morgan fingerprint density at radius 2 is 1.88 bits per heavy atom. The zero-order valence-corrected chi connectivity index (χ0v) is 24.3. The highest BCUT2D eigenvalue weighted by Crippen LogP contribution is 2.61. The van der Waals surface area contributed by atoms with E-state index in [9.17, 15) is 43.3 Å². The molecule has 0 bridgehead atoms. The number of fused-ring (bicyclic) bond motifs is 1. The maximum absolute atomic E-state index is 12.5. The number of nitrogens with one attached hydrogen (secondary N) is 4. The maximum Gasteiger partial charge on any atom is 0.480 e. The minimum absolute atomic E-state index is 0.0227. The molecule has 2 unspecified atom stereocenters. The highest BCUT2D eigenvalue weighted by Gasteiger charge is 2.46. The largest absolute Gasteiger partial charge is 0.480 e. The lowest BCUT2D eigenvalue weighted by atomic mass is 10.1. The first kappa shape index (κ1) is 33.8. The number of thiol groups is 1. The molecule has 0 aromatic carbocycles. The normalized spacial score (nSPS) is 24.2. The van der Waals surface area contributed by atoms with Crippen molar-refractivity contribution in [3.63, 3.8) is 0 Å². The molecule has 1 saturated heterocycles. The number of ether oxygens (including phenoxy) is 1. The molecule has 21 nitrogen and oxygen atoms in total. The fourth-order valence-corrected chi connectivity index (χ4v) is 7.16. The van der Waals surface area contributed by atoms with E-state index in [1.807, 2.05) is 0 Å². The van der Waals surface area contributed by atoms with Crippen molar-refractivity contribution in [3.8, 4) is 0 Å². The van der Waals surface area contributed by atoms with E-state index < -0.39 is 60.0 Å². The first-order chi connectivity index (χ1) is 19.0. The van der Waals surface area contributed by atoms with Crippen molar-refractivity contribution in [1.29, 1.82) is 0 Å². The van der Waals surface area contributed by atoms with Crippen LogP contribution < -0.4 is 21.1 Å². The van der Waals surface area contributed by atoms with Crippen molar-refractivity contribution in [2.24, 2.45) is 0 Å². The molecular weight excluding hydrogens is 639 g/mol. The first-order valence-electron chi connectivity index (χ1n) is 11.5. The van der Waals surface area contributed by atoms with Crippen LogP contribution in [0, 0.1) is 0 Å². The van der Waals surface area contributed by atoms with E-state index in [0.29, 0.717) is 25.3 Å². The number of hydrogen-bond donors (Lipinski definition) is 11. The standard InChI is InChI=1S/C16H28N7O14P3S/c24-9(2-5-41)17-3-1-4-18-16-20-13-10(14(27)21-16)19-7-23(13)15-12(26)11(25)8(36-15)6-35-40(33,34)37-39(31,32)22-38(28,29)30/h7-8,11-12,15,25-26,41H,1-6H2,(H,17,24)(H,33,34)(H2,18,20,21,27)(H4,22,28,29,30,31,32)/t8-,11-,12-,15-/m1/s1. The van der Waals surface area contributed by atoms with E-state index in [4.69, 9.17) is 14.5 Å². The van der Waals surface area contributed by atoms with E-state index >= 15 is 0 Å². The molecule has 3 heterocycles. The smallest absolute Gasteiger partial charge is 0.387 e. The predicted octanol–water partition coefficient (Wildman–Crippen LogP) is -2.11. The number of imidazole rings is 1. The van der Waals surface area contributed by atoms with Gasteiger partial charge in [-0.05, 0) is 12.2 Å². The number of aromatic nitrogens is 4. The number of nitrogens with zero attached hydrogens (tertiary/aromatic N) is 3. The highest BCUT2D eigenvalue weighted by atomic mass is 32.1. The molecule has 1 aliphatic rings. The Kier molecular flexibility index (Phi) is 11.3. The number of carbonyl (C=O) groups is 1. The lowest BCUT2D eigenvalue weighted by Gasteiger charge is -2.19. The lowest BCUT2D eigenvalue weighted by Crippen LogP contribution is -2.33. The zero-order chi connectivity index (χ0) is 30.6. The van der Waals surface area contributed by atoms with Crippen LogP contribution in [-0.2, 0) is 32.1 Å². The molecule has 0 saturated carbocycles. The van der Waals surface area contributed by atoms with Crippen LogP contribution in [0.3, 0.4) is 0 Å². The molecule has 10 N–H and O–H groups in total. The summed E-state index contributed by atoms with van der Waals surface area (Å²) in [7, 11) is -16.3. The third-order valence-corrected chi connectivity index (χ3v) is 9.69. The molecule has 3 rings (SSSR count). The van der Waals surface area contributed by atoms with E-state index in [-0.39, 0.29) is 29.4 Å². The van der Waals surface area contributed by atoms with Crippen LogP contribution in [-0.4, -0.2) is 99.0 Å². The van der Waals surface area contributed by atoms with Crippen LogP contribution >= 0.6 is 35.9 Å². The van der Waals surface area contributed by atoms with Gasteiger partial charge in [0.05, 0.1) is 12.9 Å². The minimum Gasteiger partial charge on any atom is -0.387 e. The lowest BCUT2D eigenvalue weighted by molar-refractivity contribution is -0.120. The molecule has 2 aromatic rings. The quantitative estimate of drug-likeness (QED) is 0.0550. The number of aromatic amines is 1. The summed E-state index contributed by atoms with van der Waals surface area (Å²) in [5.74, 6) is 0.281. The van der Waals surface area contributed by atoms with Crippen molar-refractivity contribution in [3.05, 3.63) is 16.7 Å². The Labute approximate surface area is 235 Å². The predicted molar refractivity (Wildman–Crippen MR) is 141 cm³/mol. The van der Waals surface area contributed by atoms with E-state index in [0.717, 1.165) is 15.8 Å². The molecule has 0 radical (unpaired) electrons. The van der Waals surface area contributed by atoms with Crippen LogP contribution in [0.1, 0.15) is 19.1 Å². The number of rotatable bonds is 15. The van der Waals surface area contributed by atoms with Gasteiger partial charge in [0, 0.05) is 19.5 Å². The SMILES string of the molecule is O=C(CCS)NCCCNc1nc2c(ncn2[C@@H]2O[C@H](COP(=O)(O)OP(=O)(O)NP(=O)(O)O)[C@@H](O)[C@H]2O)c(=O)[nH]1. The second kappa shape index (κ2) is 13.7. The number of aliphatic hydroxyl groups is 2. The molecule has 6 atom stereocenters.